The fraction of sp³-hybridized carbons (Fsp3) is 0.292. The van der Waals surface area contributed by atoms with Crippen LogP contribution in [0.2, 0.25) is 0 Å². The van der Waals surface area contributed by atoms with Crippen LogP contribution >= 0.6 is 11.8 Å². The van der Waals surface area contributed by atoms with Crippen molar-refractivity contribution in [2.24, 2.45) is 11.8 Å². The lowest BCUT2D eigenvalue weighted by Crippen LogP contribution is -2.30. The lowest BCUT2D eigenvalue weighted by atomic mass is 9.79. The molecule has 5 nitrogen and oxygen atoms in total. The van der Waals surface area contributed by atoms with E-state index in [-0.39, 0.29) is 11.8 Å². The molecule has 0 aliphatic carbocycles. The van der Waals surface area contributed by atoms with Gasteiger partial charge in [0.15, 0.2) is 0 Å². The van der Waals surface area contributed by atoms with Crippen molar-refractivity contribution in [3.05, 3.63) is 65.2 Å². The number of nitrogens with one attached hydrogen (secondary N) is 2. The molecule has 2 unspecified atom stereocenters. The standard InChI is InChI=1S/C24H24N4OS/c1-14(2)12-15-4-6-17(7-5-15)22-21-20(16-8-10-18(30-3)11-9-16)19(13-25)23(26)29-24(21)28-27-22/h4-11,14,19-20,26H,12H2,1-3H3,(H,27,28). The third kappa shape index (κ3) is 3.73. The second-order valence-electron chi connectivity index (χ2n) is 7.94. The lowest BCUT2D eigenvalue weighted by Gasteiger charge is -2.28. The lowest BCUT2D eigenvalue weighted by molar-refractivity contribution is 0.437. The van der Waals surface area contributed by atoms with Crippen molar-refractivity contribution in [3.8, 4) is 23.2 Å². The molecule has 2 aromatic carbocycles. The SMILES string of the molecule is CSc1ccc(C2c3c(n[nH]c3-c3ccc(CC(C)C)cc3)OC(=N)C2C#N)cc1. The van der Waals surface area contributed by atoms with E-state index in [2.05, 4.69) is 54.4 Å². The van der Waals surface area contributed by atoms with Crippen molar-refractivity contribution < 1.29 is 4.74 Å². The van der Waals surface area contributed by atoms with E-state index in [4.69, 9.17) is 10.1 Å². The van der Waals surface area contributed by atoms with Crippen LogP contribution in [-0.4, -0.2) is 22.4 Å². The number of thioether (sulfide) groups is 1. The third-order valence-corrected chi connectivity index (χ3v) is 6.15. The van der Waals surface area contributed by atoms with Gasteiger partial charge in [0.05, 0.1) is 17.3 Å². The number of fused-ring (bicyclic) bond motifs is 1. The second-order valence-corrected chi connectivity index (χ2v) is 8.82. The summed E-state index contributed by atoms with van der Waals surface area (Å²) < 4.78 is 5.62. The fourth-order valence-corrected chi connectivity index (χ4v) is 4.40. The highest BCUT2D eigenvalue weighted by Crippen LogP contribution is 2.45. The summed E-state index contributed by atoms with van der Waals surface area (Å²) in [5.41, 5.74) is 4.95. The van der Waals surface area contributed by atoms with E-state index in [0.717, 1.165) is 33.7 Å². The van der Waals surface area contributed by atoms with Crippen LogP contribution in [0.1, 0.15) is 36.5 Å². The molecular weight excluding hydrogens is 392 g/mol. The molecule has 0 amide bonds. The molecule has 2 atom stereocenters. The first-order chi connectivity index (χ1) is 14.5. The Morgan fingerprint density at radius 1 is 1.17 bits per heavy atom. The van der Waals surface area contributed by atoms with Crippen LogP contribution in [0.5, 0.6) is 5.88 Å². The van der Waals surface area contributed by atoms with Crippen molar-refractivity contribution in [3.63, 3.8) is 0 Å². The first-order valence-corrected chi connectivity index (χ1v) is 11.2. The van der Waals surface area contributed by atoms with Crippen LogP contribution < -0.4 is 4.74 Å². The maximum absolute atomic E-state index is 9.83. The number of hydrogen-bond donors (Lipinski definition) is 2. The molecule has 0 radical (unpaired) electrons. The molecular formula is C24H24N4OS. The Labute approximate surface area is 181 Å². The van der Waals surface area contributed by atoms with E-state index in [9.17, 15) is 5.26 Å². The zero-order valence-electron chi connectivity index (χ0n) is 17.3. The number of rotatable bonds is 5. The molecule has 152 valence electrons. The van der Waals surface area contributed by atoms with Gasteiger partial charge < -0.3 is 4.74 Å². The van der Waals surface area contributed by atoms with Crippen molar-refractivity contribution in [2.45, 2.75) is 31.1 Å². The topological polar surface area (TPSA) is 85.5 Å². The zero-order valence-corrected chi connectivity index (χ0v) is 18.1. The molecule has 4 rings (SSSR count). The summed E-state index contributed by atoms with van der Waals surface area (Å²) in [6.45, 7) is 4.42. The summed E-state index contributed by atoms with van der Waals surface area (Å²) in [6.07, 6.45) is 3.06. The van der Waals surface area contributed by atoms with Gasteiger partial charge >= 0.3 is 0 Å². The van der Waals surface area contributed by atoms with E-state index in [0.29, 0.717) is 11.8 Å². The van der Waals surface area contributed by atoms with Crippen molar-refractivity contribution in [1.29, 1.82) is 10.7 Å². The molecule has 0 bridgehead atoms. The van der Waals surface area contributed by atoms with Crippen LogP contribution in [0.25, 0.3) is 11.3 Å². The second kappa shape index (κ2) is 8.37. The molecule has 0 saturated heterocycles. The minimum Gasteiger partial charge on any atom is -0.422 e. The normalized spacial score (nSPS) is 18.0. The molecule has 2 N–H and O–H groups in total. The molecule has 1 aliphatic rings. The maximum Gasteiger partial charge on any atom is 0.244 e. The van der Waals surface area contributed by atoms with Gasteiger partial charge in [-0.3, -0.25) is 10.5 Å². The van der Waals surface area contributed by atoms with Crippen molar-refractivity contribution in [1.82, 2.24) is 10.2 Å². The van der Waals surface area contributed by atoms with Gasteiger partial charge in [0, 0.05) is 10.8 Å². The average Bonchev–Trinajstić information content (AvgIpc) is 3.16. The highest BCUT2D eigenvalue weighted by molar-refractivity contribution is 7.98. The summed E-state index contributed by atoms with van der Waals surface area (Å²) in [4.78, 5) is 1.16. The van der Waals surface area contributed by atoms with Crippen LogP contribution in [0.15, 0.2) is 53.4 Å². The number of ether oxygens (including phenoxy) is 1. The summed E-state index contributed by atoms with van der Waals surface area (Å²) in [7, 11) is 0. The largest absolute Gasteiger partial charge is 0.422 e. The van der Waals surface area contributed by atoms with Gasteiger partial charge in [-0.25, -0.2) is 0 Å². The number of aromatic amines is 1. The van der Waals surface area contributed by atoms with Crippen LogP contribution in [0.4, 0.5) is 0 Å². The molecule has 1 aromatic heterocycles. The van der Waals surface area contributed by atoms with Gasteiger partial charge in [-0.2, -0.15) is 5.26 Å². The Morgan fingerprint density at radius 3 is 2.47 bits per heavy atom. The molecule has 0 saturated carbocycles. The van der Waals surface area contributed by atoms with Gasteiger partial charge in [-0.05, 0) is 47.4 Å². The van der Waals surface area contributed by atoms with Gasteiger partial charge in [0.1, 0.15) is 5.92 Å². The third-order valence-electron chi connectivity index (χ3n) is 5.40. The zero-order chi connectivity index (χ0) is 21.3. The Morgan fingerprint density at radius 2 is 1.87 bits per heavy atom. The monoisotopic (exact) mass is 416 g/mol. The number of hydrogen-bond acceptors (Lipinski definition) is 5. The van der Waals surface area contributed by atoms with Crippen molar-refractivity contribution >= 4 is 17.7 Å². The summed E-state index contributed by atoms with van der Waals surface area (Å²) >= 11 is 1.67. The number of nitrogens with zero attached hydrogens (tertiary/aromatic N) is 2. The molecule has 3 aromatic rings. The van der Waals surface area contributed by atoms with Crippen LogP contribution in [-0.2, 0) is 6.42 Å². The van der Waals surface area contributed by atoms with Crippen molar-refractivity contribution in [2.75, 3.05) is 6.26 Å². The number of H-pyrrole nitrogens is 1. The Balaban J connectivity index is 1.80. The average molecular weight is 417 g/mol. The number of aromatic nitrogens is 2. The summed E-state index contributed by atoms with van der Waals surface area (Å²) in [6, 6.07) is 18.9. The predicted molar refractivity (Wildman–Crippen MR) is 120 cm³/mol. The first-order valence-electron chi connectivity index (χ1n) is 9.99. The van der Waals surface area contributed by atoms with E-state index < -0.39 is 5.92 Å². The Kier molecular flexibility index (Phi) is 5.65. The highest BCUT2D eigenvalue weighted by atomic mass is 32.2. The van der Waals surface area contributed by atoms with E-state index in [1.807, 2.05) is 30.5 Å². The molecule has 30 heavy (non-hydrogen) atoms. The highest BCUT2D eigenvalue weighted by Gasteiger charge is 2.40. The molecule has 1 aliphatic heterocycles. The van der Waals surface area contributed by atoms with Gasteiger partial charge in [0.25, 0.3) is 0 Å². The van der Waals surface area contributed by atoms with Crippen LogP contribution in [0, 0.1) is 28.6 Å². The van der Waals surface area contributed by atoms with Crippen LogP contribution in [0.3, 0.4) is 0 Å². The molecule has 0 fully saturated rings. The van der Waals surface area contributed by atoms with Gasteiger partial charge in [0.2, 0.25) is 11.8 Å². The quantitative estimate of drug-likeness (QED) is 0.527. The summed E-state index contributed by atoms with van der Waals surface area (Å²) in [5, 5.41) is 25.5. The van der Waals surface area contributed by atoms with Gasteiger partial charge in [-0.1, -0.05) is 50.2 Å². The van der Waals surface area contributed by atoms with E-state index in [1.54, 1.807) is 11.8 Å². The number of nitriles is 1. The molecule has 0 spiro atoms. The van der Waals surface area contributed by atoms with E-state index in [1.165, 1.54) is 5.56 Å². The number of benzene rings is 2. The summed E-state index contributed by atoms with van der Waals surface area (Å²) in [5.74, 6) is -0.0957. The Bertz CT molecular complexity index is 1090. The maximum atomic E-state index is 9.83. The molecule has 2 heterocycles. The smallest absolute Gasteiger partial charge is 0.244 e. The first kappa shape index (κ1) is 20.2. The fourth-order valence-electron chi connectivity index (χ4n) is 3.99. The Hall–Kier alpha value is -3.04. The minimum atomic E-state index is -0.700. The van der Waals surface area contributed by atoms with Gasteiger partial charge in [-0.15, -0.1) is 16.9 Å². The van der Waals surface area contributed by atoms with E-state index >= 15 is 0 Å². The minimum absolute atomic E-state index is 0.0609. The predicted octanol–water partition coefficient (Wildman–Crippen LogP) is 5.64. The molecule has 6 heteroatoms.